The first-order chi connectivity index (χ1) is 15.0. The molecular weight excluding hydrogens is 412 g/mol. The molecule has 1 atom stereocenters. The number of carbonyl (C=O) groups excluding carboxylic acids is 2. The lowest BCUT2D eigenvalue weighted by atomic mass is 9.95. The molecular formula is C24H18N2O4S. The molecule has 154 valence electrons. The minimum atomic E-state index is -0.806. The van der Waals surface area contributed by atoms with E-state index in [-0.39, 0.29) is 11.3 Å². The number of carbonyl (C=O) groups is 2. The standard InChI is InChI=1S/C24H18N2O4S/c1-13-14(2)31-24(25-13)26-20(15-8-4-3-5-9-15)19(22(28)23(26)29)21(27)18-12-16-10-6-7-11-17(16)30-18/h3-12,20,28H,1-2H3/t20-/m0/s1. The molecule has 4 aromatic rings. The summed E-state index contributed by atoms with van der Waals surface area (Å²) in [5, 5.41) is 12.0. The highest BCUT2D eigenvalue weighted by atomic mass is 32.1. The zero-order valence-corrected chi connectivity index (χ0v) is 17.6. The van der Waals surface area contributed by atoms with Crippen LogP contribution in [0.2, 0.25) is 0 Å². The van der Waals surface area contributed by atoms with Crippen LogP contribution >= 0.6 is 11.3 Å². The van der Waals surface area contributed by atoms with Crippen LogP contribution in [0.4, 0.5) is 5.13 Å². The van der Waals surface area contributed by atoms with Gasteiger partial charge in [-0.05, 0) is 31.5 Å². The quantitative estimate of drug-likeness (QED) is 0.445. The number of thiazole rings is 1. The Labute approximate surface area is 182 Å². The summed E-state index contributed by atoms with van der Waals surface area (Å²) in [6.07, 6.45) is 0. The molecule has 0 saturated carbocycles. The van der Waals surface area contributed by atoms with Crippen molar-refractivity contribution in [3.8, 4) is 0 Å². The van der Waals surface area contributed by atoms with Gasteiger partial charge in [0, 0.05) is 10.3 Å². The number of hydrogen-bond acceptors (Lipinski definition) is 6. The van der Waals surface area contributed by atoms with Crippen molar-refractivity contribution in [1.82, 2.24) is 4.98 Å². The van der Waals surface area contributed by atoms with Gasteiger partial charge in [-0.1, -0.05) is 48.5 Å². The number of rotatable bonds is 4. The van der Waals surface area contributed by atoms with Crippen molar-refractivity contribution < 1.29 is 19.1 Å². The molecule has 6 nitrogen and oxygen atoms in total. The van der Waals surface area contributed by atoms with Gasteiger partial charge in [-0.3, -0.25) is 14.5 Å². The zero-order valence-electron chi connectivity index (χ0n) is 16.8. The second-order valence-corrected chi connectivity index (χ2v) is 8.55. The Kier molecular flexibility index (Phi) is 4.48. The number of amides is 1. The Balaban J connectivity index is 1.66. The molecule has 1 amide bonds. The third kappa shape index (κ3) is 3.05. The van der Waals surface area contributed by atoms with Gasteiger partial charge in [0.2, 0.25) is 5.78 Å². The maximum Gasteiger partial charge on any atom is 0.296 e. The van der Waals surface area contributed by atoms with Gasteiger partial charge >= 0.3 is 0 Å². The van der Waals surface area contributed by atoms with Crippen LogP contribution in [0.15, 0.2) is 76.4 Å². The van der Waals surface area contributed by atoms with E-state index in [1.165, 1.54) is 16.2 Å². The molecule has 5 rings (SSSR count). The van der Waals surface area contributed by atoms with E-state index in [2.05, 4.69) is 4.98 Å². The van der Waals surface area contributed by atoms with Crippen LogP contribution in [0.25, 0.3) is 11.0 Å². The van der Waals surface area contributed by atoms with Crippen molar-refractivity contribution in [2.45, 2.75) is 19.9 Å². The van der Waals surface area contributed by atoms with Gasteiger partial charge in [0.05, 0.1) is 17.3 Å². The molecule has 0 saturated heterocycles. The summed E-state index contributed by atoms with van der Waals surface area (Å²) in [5.41, 5.74) is 2.05. The Morgan fingerprint density at radius 1 is 1.10 bits per heavy atom. The molecule has 1 N–H and O–H groups in total. The molecule has 2 aromatic carbocycles. The fourth-order valence-corrected chi connectivity index (χ4v) is 4.71. The van der Waals surface area contributed by atoms with Gasteiger partial charge in [-0.2, -0.15) is 0 Å². The van der Waals surface area contributed by atoms with E-state index in [1.54, 1.807) is 12.1 Å². The molecule has 1 aliphatic rings. The highest BCUT2D eigenvalue weighted by Gasteiger charge is 2.46. The molecule has 0 aliphatic carbocycles. The summed E-state index contributed by atoms with van der Waals surface area (Å²) in [5.74, 6) is -1.68. The lowest BCUT2D eigenvalue weighted by Gasteiger charge is -2.24. The first kappa shape index (κ1) is 19.3. The average Bonchev–Trinajstić information content (AvgIpc) is 3.43. The molecule has 0 bridgehead atoms. The number of aromatic nitrogens is 1. The summed E-state index contributed by atoms with van der Waals surface area (Å²) in [6, 6.07) is 17.3. The van der Waals surface area contributed by atoms with E-state index in [4.69, 9.17) is 4.42 Å². The monoisotopic (exact) mass is 430 g/mol. The van der Waals surface area contributed by atoms with E-state index in [0.717, 1.165) is 16.0 Å². The topological polar surface area (TPSA) is 83.6 Å². The van der Waals surface area contributed by atoms with Crippen LogP contribution in [0.3, 0.4) is 0 Å². The van der Waals surface area contributed by atoms with Crippen molar-refractivity contribution in [1.29, 1.82) is 0 Å². The second kappa shape index (κ2) is 7.21. The number of anilines is 1. The highest BCUT2D eigenvalue weighted by molar-refractivity contribution is 7.15. The summed E-state index contributed by atoms with van der Waals surface area (Å²) < 4.78 is 5.74. The maximum absolute atomic E-state index is 13.5. The summed E-state index contributed by atoms with van der Waals surface area (Å²) >= 11 is 1.35. The number of Topliss-reactive ketones (excluding diaryl/α,β-unsaturated/α-hetero) is 1. The molecule has 0 fully saturated rings. The van der Waals surface area contributed by atoms with E-state index in [1.807, 2.05) is 62.4 Å². The van der Waals surface area contributed by atoms with Crippen molar-refractivity contribution >= 4 is 39.1 Å². The molecule has 31 heavy (non-hydrogen) atoms. The van der Waals surface area contributed by atoms with Crippen LogP contribution in [-0.4, -0.2) is 21.8 Å². The summed E-state index contributed by atoms with van der Waals surface area (Å²) in [4.78, 5) is 33.5. The fourth-order valence-electron chi connectivity index (χ4n) is 3.77. The maximum atomic E-state index is 13.5. The van der Waals surface area contributed by atoms with Crippen LogP contribution in [0.5, 0.6) is 0 Å². The minimum Gasteiger partial charge on any atom is -0.503 e. The van der Waals surface area contributed by atoms with E-state index < -0.39 is 23.5 Å². The number of aliphatic hydroxyl groups is 1. The van der Waals surface area contributed by atoms with E-state index >= 15 is 0 Å². The van der Waals surface area contributed by atoms with Crippen molar-refractivity contribution in [2.75, 3.05) is 4.90 Å². The number of nitrogens with zero attached hydrogens (tertiary/aromatic N) is 2. The first-order valence-corrected chi connectivity index (χ1v) is 10.6. The lowest BCUT2D eigenvalue weighted by Crippen LogP contribution is -2.31. The van der Waals surface area contributed by atoms with Gasteiger partial charge in [-0.15, -0.1) is 11.3 Å². The van der Waals surface area contributed by atoms with Gasteiger partial charge in [0.25, 0.3) is 5.91 Å². The van der Waals surface area contributed by atoms with Crippen LogP contribution < -0.4 is 4.90 Å². The number of ketones is 1. The minimum absolute atomic E-state index is 0.0132. The van der Waals surface area contributed by atoms with Crippen LogP contribution in [0, 0.1) is 13.8 Å². The van der Waals surface area contributed by atoms with Crippen LogP contribution in [0.1, 0.15) is 32.7 Å². The Hall–Kier alpha value is -3.71. The van der Waals surface area contributed by atoms with Crippen molar-refractivity contribution in [3.05, 3.63) is 93.9 Å². The lowest BCUT2D eigenvalue weighted by molar-refractivity contribution is -0.117. The van der Waals surface area contributed by atoms with E-state index in [0.29, 0.717) is 16.3 Å². The molecule has 7 heteroatoms. The SMILES string of the molecule is Cc1nc(N2C(=O)C(O)=C(C(=O)c3cc4ccccc4o3)[C@@H]2c2ccccc2)sc1C. The number of benzene rings is 2. The Bertz CT molecular complexity index is 1310. The highest BCUT2D eigenvalue weighted by Crippen LogP contribution is 2.43. The smallest absolute Gasteiger partial charge is 0.296 e. The number of furan rings is 1. The first-order valence-electron chi connectivity index (χ1n) is 9.74. The normalized spacial score (nSPS) is 16.5. The molecule has 0 spiro atoms. The van der Waals surface area contributed by atoms with Gasteiger partial charge < -0.3 is 9.52 Å². The summed E-state index contributed by atoms with van der Waals surface area (Å²) in [6.45, 7) is 3.78. The molecule has 0 unspecified atom stereocenters. The van der Waals surface area contributed by atoms with E-state index in [9.17, 15) is 14.7 Å². The molecule has 2 aromatic heterocycles. The third-order valence-electron chi connectivity index (χ3n) is 5.44. The predicted molar refractivity (Wildman–Crippen MR) is 118 cm³/mol. The number of aryl methyl sites for hydroxylation is 2. The predicted octanol–water partition coefficient (Wildman–Crippen LogP) is 5.29. The van der Waals surface area contributed by atoms with Crippen molar-refractivity contribution in [2.24, 2.45) is 0 Å². The Morgan fingerprint density at radius 3 is 2.48 bits per heavy atom. The van der Waals surface area contributed by atoms with Gasteiger partial charge in [0.1, 0.15) is 5.58 Å². The second-order valence-electron chi connectivity index (χ2n) is 7.37. The van der Waals surface area contributed by atoms with Gasteiger partial charge in [0.15, 0.2) is 16.7 Å². The summed E-state index contributed by atoms with van der Waals surface area (Å²) in [7, 11) is 0. The number of aliphatic hydroxyl groups excluding tert-OH is 1. The van der Waals surface area contributed by atoms with Gasteiger partial charge in [-0.25, -0.2) is 4.98 Å². The largest absolute Gasteiger partial charge is 0.503 e. The molecule has 1 aliphatic heterocycles. The Morgan fingerprint density at radius 2 is 1.81 bits per heavy atom. The average molecular weight is 430 g/mol. The molecule has 3 heterocycles. The number of fused-ring (bicyclic) bond motifs is 1. The number of para-hydroxylation sites is 1. The van der Waals surface area contributed by atoms with Crippen LogP contribution in [-0.2, 0) is 4.79 Å². The molecule has 0 radical (unpaired) electrons. The zero-order chi connectivity index (χ0) is 21.7. The van der Waals surface area contributed by atoms with Crippen molar-refractivity contribution in [3.63, 3.8) is 0 Å². The fraction of sp³-hybridized carbons (Fsp3) is 0.125. The number of hydrogen-bond donors (Lipinski definition) is 1. The third-order valence-corrected chi connectivity index (χ3v) is 6.51.